The predicted octanol–water partition coefficient (Wildman–Crippen LogP) is 5.76. The number of aliphatic hydroxyl groups excluding tert-OH is 1. The standard InChI is InChI=1S/C24H36O6.C16H28O5/c1-15(13-28-14-18-6-8-19(26-4)9-7-18)23-16(2)17(3)24-21(30-23)11-10-20(29-24)12-22(25)27-5;1-9(8-17)15-10(2)11(3)16-13(21-15)6-5-12(20-16)7-14(18)19-4/h6-9,15-17,20-21,23-24H,10-14H2,1-5H3;9-13,15-17H,5-8H2,1-4H3/t15-,16-,17+,20+,21-,23-,24+;9-,10-,11+,12+,13-,15-,16+/m00/s1. The first kappa shape index (κ1) is 41.5. The van der Waals surface area contributed by atoms with Crippen molar-refractivity contribution in [1.29, 1.82) is 0 Å². The van der Waals surface area contributed by atoms with Gasteiger partial charge in [-0.3, -0.25) is 9.59 Å². The maximum atomic E-state index is 11.6. The van der Waals surface area contributed by atoms with E-state index in [9.17, 15) is 14.7 Å². The van der Waals surface area contributed by atoms with Crippen molar-refractivity contribution < 1.29 is 52.6 Å². The molecule has 0 unspecified atom stereocenters. The zero-order valence-electron chi connectivity index (χ0n) is 32.3. The molecule has 0 aromatic heterocycles. The Labute approximate surface area is 305 Å². The van der Waals surface area contributed by atoms with Crippen LogP contribution < -0.4 is 4.74 Å². The van der Waals surface area contributed by atoms with Crippen LogP contribution >= 0.6 is 0 Å². The van der Waals surface area contributed by atoms with Crippen LogP contribution in [0.15, 0.2) is 24.3 Å². The minimum atomic E-state index is -0.220. The van der Waals surface area contributed by atoms with Crippen LogP contribution in [0.4, 0.5) is 0 Å². The normalized spacial score (nSPS) is 35.9. The maximum Gasteiger partial charge on any atom is 0.308 e. The van der Waals surface area contributed by atoms with Crippen LogP contribution in [0.1, 0.15) is 85.6 Å². The number of methoxy groups -OCH3 is 3. The molecule has 5 rings (SSSR count). The fourth-order valence-corrected chi connectivity index (χ4v) is 8.28. The largest absolute Gasteiger partial charge is 0.497 e. The number of hydrogen-bond acceptors (Lipinski definition) is 11. The number of aliphatic hydroxyl groups is 1. The molecule has 290 valence electrons. The lowest BCUT2D eigenvalue weighted by molar-refractivity contribution is -0.238. The molecule has 4 heterocycles. The second kappa shape index (κ2) is 19.7. The lowest BCUT2D eigenvalue weighted by atomic mass is 9.75. The number of carbonyl (C=O) groups is 2. The van der Waals surface area contributed by atoms with Crippen molar-refractivity contribution in [1.82, 2.24) is 0 Å². The van der Waals surface area contributed by atoms with Gasteiger partial charge in [-0.2, -0.15) is 0 Å². The van der Waals surface area contributed by atoms with Gasteiger partial charge in [-0.1, -0.05) is 53.7 Å². The minimum Gasteiger partial charge on any atom is -0.497 e. The zero-order chi connectivity index (χ0) is 37.2. The van der Waals surface area contributed by atoms with Crippen LogP contribution in [0.5, 0.6) is 5.75 Å². The van der Waals surface area contributed by atoms with Gasteiger partial charge < -0.3 is 43.0 Å². The summed E-state index contributed by atoms with van der Waals surface area (Å²) in [7, 11) is 4.50. The topological polar surface area (TPSA) is 128 Å². The summed E-state index contributed by atoms with van der Waals surface area (Å²) < 4.78 is 45.8. The lowest BCUT2D eigenvalue weighted by Gasteiger charge is -2.50. The van der Waals surface area contributed by atoms with Gasteiger partial charge in [0, 0.05) is 18.4 Å². The van der Waals surface area contributed by atoms with Crippen molar-refractivity contribution in [3.05, 3.63) is 29.8 Å². The minimum absolute atomic E-state index is 0.0329. The van der Waals surface area contributed by atoms with Crippen LogP contribution in [0, 0.1) is 35.5 Å². The molecule has 4 aliphatic rings. The number of fused-ring (bicyclic) bond motifs is 2. The van der Waals surface area contributed by atoms with Gasteiger partial charge in [0.25, 0.3) is 0 Å². The van der Waals surface area contributed by atoms with Crippen molar-refractivity contribution in [2.75, 3.05) is 34.5 Å². The van der Waals surface area contributed by atoms with Gasteiger partial charge in [-0.25, -0.2) is 0 Å². The summed E-state index contributed by atoms with van der Waals surface area (Å²) in [4.78, 5) is 23.0. The third-order valence-corrected chi connectivity index (χ3v) is 11.8. The van der Waals surface area contributed by atoms with Crippen molar-refractivity contribution in [3.8, 4) is 5.75 Å². The summed E-state index contributed by atoms with van der Waals surface area (Å²) in [5.74, 6) is 2.22. The van der Waals surface area contributed by atoms with E-state index in [0.29, 0.717) is 49.7 Å². The van der Waals surface area contributed by atoms with Crippen molar-refractivity contribution in [2.24, 2.45) is 35.5 Å². The number of ether oxygens (including phenoxy) is 8. The molecule has 14 atom stereocenters. The Bertz CT molecular complexity index is 1210. The molecule has 0 bridgehead atoms. The Morgan fingerprint density at radius 1 is 0.706 bits per heavy atom. The molecule has 11 nitrogen and oxygen atoms in total. The van der Waals surface area contributed by atoms with E-state index >= 15 is 0 Å². The fourth-order valence-electron chi connectivity index (χ4n) is 8.28. The van der Waals surface area contributed by atoms with Crippen LogP contribution in [0.2, 0.25) is 0 Å². The van der Waals surface area contributed by atoms with E-state index in [1.165, 1.54) is 14.2 Å². The van der Waals surface area contributed by atoms with Crippen LogP contribution in [0.3, 0.4) is 0 Å². The van der Waals surface area contributed by atoms with Gasteiger partial charge in [0.05, 0.1) is 96.2 Å². The summed E-state index contributed by atoms with van der Waals surface area (Å²) in [5, 5.41) is 9.39. The highest BCUT2D eigenvalue weighted by Crippen LogP contribution is 2.42. The third kappa shape index (κ3) is 10.9. The van der Waals surface area contributed by atoms with Gasteiger partial charge in [0.15, 0.2) is 0 Å². The Morgan fingerprint density at radius 2 is 1.18 bits per heavy atom. The van der Waals surface area contributed by atoms with E-state index in [1.54, 1.807) is 7.11 Å². The SMILES string of the molecule is COC(=O)C[C@H]1CC[C@@H]2O[C@@H]([C@@H](C)CO)[C@@H](C)[C@@H](C)[C@H]2O1.COC(=O)C[C@H]1CC[C@@H]2O[C@@H]([C@@H](C)COCc3ccc(OC)cc3)[C@@H](C)[C@@H](C)[C@H]2O1. The molecule has 1 N–H and O–H groups in total. The Morgan fingerprint density at radius 3 is 1.61 bits per heavy atom. The quantitative estimate of drug-likeness (QED) is 0.265. The number of carbonyl (C=O) groups excluding carboxylic acids is 2. The van der Waals surface area contributed by atoms with E-state index in [2.05, 4.69) is 34.6 Å². The highest BCUT2D eigenvalue weighted by atomic mass is 16.6. The summed E-state index contributed by atoms with van der Waals surface area (Å²) >= 11 is 0. The highest BCUT2D eigenvalue weighted by molar-refractivity contribution is 5.70. The van der Waals surface area contributed by atoms with Gasteiger partial charge >= 0.3 is 11.9 Å². The molecule has 4 aliphatic heterocycles. The van der Waals surface area contributed by atoms with Crippen molar-refractivity contribution >= 4 is 11.9 Å². The molecule has 0 saturated carbocycles. The average molecular weight is 721 g/mol. The molecule has 1 aromatic carbocycles. The Hall–Kier alpha value is -2.28. The van der Waals surface area contributed by atoms with E-state index in [4.69, 9.17) is 37.9 Å². The first-order chi connectivity index (χ1) is 24.4. The van der Waals surface area contributed by atoms with E-state index in [-0.39, 0.29) is 79.2 Å². The van der Waals surface area contributed by atoms with E-state index in [0.717, 1.165) is 37.0 Å². The molecule has 0 amide bonds. The molecule has 1 aromatic rings. The first-order valence-electron chi connectivity index (χ1n) is 19.0. The monoisotopic (exact) mass is 720 g/mol. The smallest absolute Gasteiger partial charge is 0.308 e. The van der Waals surface area contributed by atoms with E-state index in [1.807, 2.05) is 31.2 Å². The molecule has 4 fully saturated rings. The third-order valence-electron chi connectivity index (χ3n) is 11.8. The number of hydrogen-bond donors (Lipinski definition) is 1. The van der Waals surface area contributed by atoms with Gasteiger partial charge in [0.2, 0.25) is 0 Å². The van der Waals surface area contributed by atoms with Crippen LogP contribution in [0.25, 0.3) is 0 Å². The predicted molar refractivity (Wildman–Crippen MR) is 191 cm³/mol. The van der Waals surface area contributed by atoms with Gasteiger partial charge in [-0.05, 0) is 67.1 Å². The second-order valence-electron chi connectivity index (χ2n) is 15.4. The summed E-state index contributed by atoms with van der Waals surface area (Å²) in [6.07, 6.45) is 4.40. The molecular formula is C40H64O11. The van der Waals surface area contributed by atoms with Gasteiger partial charge in [-0.15, -0.1) is 0 Å². The van der Waals surface area contributed by atoms with Crippen molar-refractivity contribution in [3.63, 3.8) is 0 Å². The highest BCUT2D eigenvalue weighted by Gasteiger charge is 2.48. The molecule has 0 radical (unpaired) electrons. The fraction of sp³-hybridized carbons (Fsp3) is 0.800. The molecular weight excluding hydrogens is 656 g/mol. The first-order valence-corrected chi connectivity index (χ1v) is 19.0. The van der Waals surface area contributed by atoms with Crippen LogP contribution in [-0.2, 0) is 49.4 Å². The summed E-state index contributed by atoms with van der Waals surface area (Å²) in [6, 6.07) is 7.96. The molecule has 0 aliphatic carbocycles. The summed E-state index contributed by atoms with van der Waals surface area (Å²) in [6.45, 7) is 14.4. The second-order valence-corrected chi connectivity index (χ2v) is 15.4. The maximum absolute atomic E-state index is 11.6. The average Bonchev–Trinajstić information content (AvgIpc) is 3.14. The molecule has 11 heteroatoms. The Balaban J connectivity index is 0.000000244. The number of rotatable bonds is 12. The zero-order valence-corrected chi connectivity index (χ0v) is 32.3. The van der Waals surface area contributed by atoms with Gasteiger partial charge in [0.1, 0.15) is 5.75 Å². The summed E-state index contributed by atoms with van der Waals surface area (Å²) in [5.41, 5.74) is 1.13. The molecule has 0 spiro atoms. The number of benzene rings is 1. The Kier molecular flexibility index (Phi) is 16.0. The molecule has 51 heavy (non-hydrogen) atoms. The lowest BCUT2D eigenvalue weighted by Crippen LogP contribution is -2.55. The number of esters is 2. The molecule has 4 saturated heterocycles. The van der Waals surface area contributed by atoms with Crippen molar-refractivity contribution in [2.45, 2.75) is 136 Å². The van der Waals surface area contributed by atoms with Crippen LogP contribution in [-0.4, -0.2) is 100 Å². The van der Waals surface area contributed by atoms with E-state index < -0.39 is 0 Å².